The molecule has 0 amide bonds. The number of halogens is 2. The lowest BCUT2D eigenvalue weighted by Crippen LogP contribution is -2.48. The van der Waals surface area contributed by atoms with Gasteiger partial charge in [0.15, 0.2) is 0 Å². The van der Waals surface area contributed by atoms with Gasteiger partial charge in [-0.25, -0.2) is 18.4 Å². The van der Waals surface area contributed by atoms with Crippen LogP contribution in [0.2, 0.25) is 0 Å². The highest BCUT2D eigenvalue weighted by Crippen LogP contribution is 2.29. The van der Waals surface area contributed by atoms with E-state index in [1.807, 2.05) is 36.4 Å². The fourth-order valence-corrected chi connectivity index (χ4v) is 4.80. The van der Waals surface area contributed by atoms with Gasteiger partial charge in [-0.05, 0) is 60.9 Å². The molecule has 0 radical (unpaired) electrons. The van der Waals surface area contributed by atoms with Crippen LogP contribution < -0.4 is 10.1 Å². The summed E-state index contributed by atoms with van der Waals surface area (Å²) in [5, 5.41) is 19.2. The van der Waals surface area contributed by atoms with Crippen LogP contribution in [0.5, 0.6) is 5.75 Å². The minimum Gasteiger partial charge on any atom is -0.489 e. The second-order valence-corrected chi connectivity index (χ2v) is 9.61. The van der Waals surface area contributed by atoms with Gasteiger partial charge in [0.05, 0.1) is 6.54 Å². The number of hydrogen-bond acceptors (Lipinski definition) is 7. The van der Waals surface area contributed by atoms with Crippen molar-refractivity contribution in [2.24, 2.45) is 0 Å². The Kier molecular flexibility index (Phi) is 7.90. The van der Waals surface area contributed by atoms with Crippen LogP contribution in [0.1, 0.15) is 24.0 Å². The van der Waals surface area contributed by atoms with E-state index >= 15 is 0 Å². The highest BCUT2D eigenvalue weighted by atomic mass is 19.1. The van der Waals surface area contributed by atoms with Gasteiger partial charge in [0.1, 0.15) is 42.2 Å². The van der Waals surface area contributed by atoms with Crippen molar-refractivity contribution in [3.63, 3.8) is 0 Å². The Morgan fingerprint density at radius 1 is 0.974 bits per heavy atom. The summed E-state index contributed by atoms with van der Waals surface area (Å²) in [7, 11) is 0. The van der Waals surface area contributed by atoms with Crippen LogP contribution >= 0.6 is 0 Å². The van der Waals surface area contributed by atoms with E-state index in [0.717, 1.165) is 42.0 Å². The molecule has 1 aliphatic heterocycles. The second-order valence-electron chi connectivity index (χ2n) is 9.61. The van der Waals surface area contributed by atoms with Crippen molar-refractivity contribution >= 4 is 5.69 Å². The number of pyridine rings is 1. The summed E-state index contributed by atoms with van der Waals surface area (Å²) in [6.07, 6.45) is 8.03. The van der Waals surface area contributed by atoms with Crippen molar-refractivity contribution in [2.45, 2.75) is 37.6 Å². The van der Waals surface area contributed by atoms with E-state index in [1.54, 1.807) is 12.4 Å². The molecule has 10 heteroatoms. The van der Waals surface area contributed by atoms with Crippen LogP contribution in [0.4, 0.5) is 14.5 Å². The Balaban J connectivity index is 1.16. The SMILES string of the molecule is OC(CN1CCC(Nc2ccc(OCc3ccncc3)cc2)CC1)(Cn1cncn1)c1ccc(F)cc1F. The van der Waals surface area contributed by atoms with Crippen molar-refractivity contribution in [3.8, 4) is 5.75 Å². The van der Waals surface area contributed by atoms with E-state index in [4.69, 9.17) is 4.74 Å². The molecule has 0 spiro atoms. The Hall–Kier alpha value is -3.89. The van der Waals surface area contributed by atoms with Crippen LogP contribution in [0.3, 0.4) is 0 Å². The molecule has 2 N–H and O–H groups in total. The van der Waals surface area contributed by atoms with Gasteiger partial charge in [0.2, 0.25) is 0 Å². The summed E-state index contributed by atoms with van der Waals surface area (Å²) in [4.78, 5) is 10.0. The molecular weight excluding hydrogens is 490 g/mol. The predicted octanol–water partition coefficient (Wildman–Crippen LogP) is 3.99. The number of hydrogen-bond donors (Lipinski definition) is 2. The summed E-state index contributed by atoms with van der Waals surface area (Å²) >= 11 is 0. The quantitative estimate of drug-likeness (QED) is 0.327. The maximum Gasteiger partial charge on any atom is 0.137 e. The number of anilines is 1. The molecule has 8 nitrogen and oxygen atoms in total. The van der Waals surface area contributed by atoms with Crippen LogP contribution in [-0.4, -0.2) is 55.4 Å². The maximum absolute atomic E-state index is 14.7. The van der Waals surface area contributed by atoms with Gasteiger partial charge in [0, 0.05) is 55.4 Å². The van der Waals surface area contributed by atoms with E-state index in [9.17, 15) is 13.9 Å². The number of aromatic nitrogens is 4. The van der Waals surface area contributed by atoms with Gasteiger partial charge in [-0.15, -0.1) is 0 Å². The first-order valence-corrected chi connectivity index (χ1v) is 12.6. The minimum atomic E-state index is -1.60. The summed E-state index contributed by atoms with van der Waals surface area (Å²) < 4.78 is 35.6. The number of piperidine rings is 1. The van der Waals surface area contributed by atoms with Crippen molar-refractivity contribution in [2.75, 3.05) is 25.0 Å². The van der Waals surface area contributed by atoms with Gasteiger partial charge < -0.3 is 15.2 Å². The zero-order valence-electron chi connectivity index (χ0n) is 20.9. The highest BCUT2D eigenvalue weighted by Gasteiger charge is 2.36. The predicted molar refractivity (Wildman–Crippen MR) is 138 cm³/mol. The second kappa shape index (κ2) is 11.7. The number of nitrogens with zero attached hydrogens (tertiary/aromatic N) is 5. The van der Waals surface area contributed by atoms with Crippen LogP contribution in [-0.2, 0) is 18.8 Å². The van der Waals surface area contributed by atoms with Gasteiger partial charge in [-0.2, -0.15) is 5.10 Å². The van der Waals surface area contributed by atoms with E-state index in [0.29, 0.717) is 19.7 Å². The first-order valence-electron chi connectivity index (χ1n) is 12.6. The van der Waals surface area contributed by atoms with Crippen molar-refractivity contribution in [1.29, 1.82) is 0 Å². The molecule has 1 atom stereocenters. The van der Waals surface area contributed by atoms with Crippen LogP contribution in [0, 0.1) is 11.6 Å². The fraction of sp³-hybridized carbons (Fsp3) is 0.321. The molecule has 198 valence electrons. The lowest BCUT2D eigenvalue weighted by atomic mass is 9.91. The number of likely N-dealkylation sites (tertiary alicyclic amines) is 1. The molecule has 3 heterocycles. The number of rotatable bonds is 10. The Morgan fingerprint density at radius 3 is 2.42 bits per heavy atom. The van der Waals surface area contributed by atoms with Crippen molar-refractivity contribution in [3.05, 3.63) is 102 Å². The van der Waals surface area contributed by atoms with Gasteiger partial charge >= 0.3 is 0 Å². The minimum absolute atomic E-state index is 0.00329. The van der Waals surface area contributed by atoms with E-state index in [1.165, 1.54) is 23.4 Å². The summed E-state index contributed by atoms with van der Waals surface area (Å²) in [5.74, 6) is -0.672. The first kappa shape index (κ1) is 25.7. The maximum atomic E-state index is 14.7. The summed E-state index contributed by atoms with van der Waals surface area (Å²) in [6, 6.07) is 15.3. The summed E-state index contributed by atoms with van der Waals surface area (Å²) in [6.45, 7) is 2.11. The smallest absolute Gasteiger partial charge is 0.137 e. The molecule has 0 saturated carbocycles. The third-order valence-corrected chi connectivity index (χ3v) is 6.78. The number of ether oxygens (including phenoxy) is 1. The van der Waals surface area contributed by atoms with Crippen molar-refractivity contribution < 1.29 is 18.6 Å². The summed E-state index contributed by atoms with van der Waals surface area (Å²) in [5.41, 5.74) is 0.513. The molecule has 1 fully saturated rings. The van der Waals surface area contributed by atoms with Crippen LogP contribution in [0.15, 0.2) is 79.6 Å². The Labute approximate surface area is 219 Å². The number of β-amino-alcohol motifs (C(OH)–C–C–N with tert-alkyl or cyclic N) is 1. The molecule has 2 aromatic carbocycles. The number of benzene rings is 2. The molecular formula is C28H30F2N6O2. The Bertz CT molecular complexity index is 1300. The third-order valence-electron chi connectivity index (χ3n) is 6.78. The molecule has 2 aromatic heterocycles. The standard InChI is InChI=1S/C28H30F2N6O2/c29-22-1-6-26(27(30)15-22)28(37,18-36-20-32-19-33-36)17-35-13-9-24(10-14-35)34-23-2-4-25(5-3-23)38-16-21-7-11-31-12-8-21/h1-8,11-12,15,19-20,24,34,37H,9-10,13-14,16-18H2. The molecule has 1 saturated heterocycles. The highest BCUT2D eigenvalue weighted by molar-refractivity contribution is 5.47. The first-order chi connectivity index (χ1) is 18.5. The lowest BCUT2D eigenvalue weighted by Gasteiger charge is -2.38. The average molecular weight is 521 g/mol. The van der Waals surface area contributed by atoms with E-state index in [2.05, 4.69) is 25.3 Å². The zero-order chi connectivity index (χ0) is 26.4. The lowest BCUT2D eigenvalue weighted by molar-refractivity contribution is -0.0260. The van der Waals surface area contributed by atoms with Crippen molar-refractivity contribution in [1.82, 2.24) is 24.6 Å². The molecule has 38 heavy (non-hydrogen) atoms. The molecule has 1 unspecified atom stereocenters. The topological polar surface area (TPSA) is 88.3 Å². The van der Waals surface area contributed by atoms with Gasteiger partial charge in [-0.1, -0.05) is 6.07 Å². The average Bonchev–Trinajstić information content (AvgIpc) is 3.42. The number of aliphatic hydroxyl groups is 1. The normalized spacial score (nSPS) is 16.2. The third kappa shape index (κ3) is 6.51. The molecule has 4 aromatic rings. The molecule has 0 aliphatic carbocycles. The zero-order valence-corrected chi connectivity index (χ0v) is 20.9. The number of nitrogens with one attached hydrogen (secondary N) is 1. The molecule has 1 aliphatic rings. The fourth-order valence-electron chi connectivity index (χ4n) is 4.80. The van der Waals surface area contributed by atoms with Crippen LogP contribution in [0.25, 0.3) is 0 Å². The molecule has 0 bridgehead atoms. The van der Waals surface area contributed by atoms with E-state index < -0.39 is 17.2 Å². The largest absolute Gasteiger partial charge is 0.489 e. The van der Waals surface area contributed by atoms with Gasteiger partial charge in [0.25, 0.3) is 0 Å². The Morgan fingerprint density at radius 2 is 1.74 bits per heavy atom. The monoisotopic (exact) mass is 520 g/mol. The van der Waals surface area contributed by atoms with E-state index in [-0.39, 0.29) is 24.7 Å². The van der Waals surface area contributed by atoms with Gasteiger partial charge in [-0.3, -0.25) is 9.88 Å². The molecule has 5 rings (SSSR count).